The summed E-state index contributed by atoms with van der Waals surface area (Å²) in [5.41, 5.74) is 2.62. The molecule has 1 amide bonds. The second-order valence-corrected chi connectivity index (χ2v) is 7.56. The maximum absolute atomic E-state index is 12.7. The quantitative estimate of drug-likeness (QED) is 0.555. The third kappa shape index (κ3) is 3.30. The average Bonchev–Trinajstić information content (AvgIpc) is 3.33. The summed E-state index contributed by atoms with van der Waals surface area (Å²) in [4.78, 5) is 26.2. The first-order chi connectivity index (χ1) is 13.1. The lowest BCUT2D eigenvalue weighted by molar-refractivity contribution is -0.136. The molecule has 144 valence electrons. The molecule has 0 spiro atoms. The Kier molecular flexibility index (Phi) is 4.84. The first-order valence-electron chi connectivity index (χ1n) is 9.52. The van der Waals surface area contributed by atoms with Crippen LogP contribution in [0, 0.1) is 11.8 Å². The van der Waals surface area contributed by atoms with Gasteiger partial charge in [0.25, 0.3) is 0 Å². The number of rotatable bonds is 3. The zero-order valence-corrected chi connectivity index (χ0v) is 15.3. The molecular weight excluding hydrogens is 344 g/mol. The van der Waals surface area contributed by atoms with Crippen molar-refractivity contribution in [3.8, 4) is 0 Å². The van der Waals surface area contributed by atoms with Crippen molar-refractivity contribution < 1.29 is 9.90 Å². The highest BCUT2D eigenvalue weighted by Gasteiger charge is 2.35. The van der Waals surface area contributed by atoms with Gasteiger partial charge in [-0.25, -0.2) is 10.8 Å². The van der Waals surface area contributed by atoms with Gasteiger partial charge in [-0.15, -0.1) is 0 Å². The Balaban J connectivity index is 1.49. The number of hydrogen-bond donors (Lipinski definition) is 3. The highest BCUT2D eigenvalue weighted by atomic mass is 16.3. The summed E-state index contributed by atoms with van der Waals surface area (Å²) in [6, 6.07) is 1.94. The number of hydrazine groups is 1. The van der Waals surface area contributed by atoms with E-state index in [0.29, 0.717) is 19.5 Å². The Morgan fingerprint density at radius 2 is 2.04 bits per heavy atom. The minimum atomic E-state index is -0.370. The number of fused-ring (bicyclic) bond motifs is 1. The van der Waals surface area contributed by atoms with Crippen LogP contribution in [0.3, 0.4) is 0 Å². The van der Waals surface area contributed by atoms with Crippen molar-refractivity contribution in [3.05, 3.63) is 23.5 Å². The summed E-state index contributed by atoms with van der Waals surface area (Å²) in [6.07, 6.45) is 7.11. The predicted octanol–water partition coefficient (Wildman–Crippen LogP) is 1.63. The number of carbonyl (C=O) groups excluding carboxylic acids is 1. The van der Waals surface area contributed by atoms with E-state index < -0.39 is 0 Å². The van der Waals surface area contributed by atoms with Crippen molar-refractivity contribution in [2.45, 2.75) is 38.2 Å². The number of aromatic nitrogens is 1. The van der Waals surface area contributed by atoms with Crippen LogP contribution >= 0.6 is 0 Å². The molecule has 1 aromatic rings. The lowest BCUT2D eigenvalue weighted by Gasteiger charge is -2.32. The molecule has 2 fully saturated rings. The molecule has 1 aromatic heterocycles. The van der Waals surface area contributed by atoms with Crippen LogP contribution in [0.5, 0.6) is 0 Å². The molecule has 1 saturated carbocycles. The van der Waals surface area contributed by atoms with Crippen LogP contribution in [0.2, 0.25) is 0 Å². The van der Waals surface area contributed by atoms with Crippen LogP contribution in [0.4, 0.5) is 5.82 Å². The predicted molar refractivity (Wildman–Crippen MR) is 104 cm³/mol. The summed E-state index contributed by atoms with van der Waals surface area (Å²) in [6.45, 7) is 4.92. The van der Waals surface area contributed by atoms with E-state index in [2.05, 4.69) is 21.7 Å². The monoisotopic (exact) mass is 370 g/mol. The van der Waals surface area contributed by atoms with Gasteiger partial charge in [0, 0.05) is 36.7 Å². The van der Waals surface area contributed by atoms with Crippen molar-refractivity contribution in [2.75, 3.05) is 13.1 Å². The number of β-amino-alcohol motifs (C(OH)–C–C–N with tert-alkyl or cyclic N) is 1. The van der Waals surface area contributed by atoms with Crippen molar-refractivity contribution in [3.63, 3.8) is 0 Å². The fourth-order valence-corrected chi connectivity index (χ4v) is 4.46. The Bertz CT molecular complexity index is 790. The number of allylic oxidation sites excluding steroid dienone is 1. The fourth-order valence-electron chi connectivity index (χ4n) is 4.46. The van der Waals surface area contributed by atoms with Gasteiger partial charge in [-0.05, 0) is 44.9 Å². The smallest absolute Gasteiger partial charge is 0.225 e. The van der Waals surface area contributed by atoms with Crippen LogP contribution in [-0.4, -0.2) is 58.2 Å². The molecule has 0 radical (unpaired) electrons. The molecule has 8 nitrogen and oxygen atoms in total. The number of aromatic amines is 1. The maximum Gasteiger partial charge on any atom is 0.225 e. The number of aliphatic imine (C=N–C) groups is 2. The van der Waals surface area contributed by atoms with Crippen molar-refractivity contribution in [2.24, 2.45) is 27.7 Å². The van der Waals surface area contributed by atoms with Crippen LogP contribution < -0.4 is 5.84 Å². The second-order valence-electron chi connectivity index (χ2n) is 7.56. The summed E-state index contributed by atoms with van der Waals surface area (Å²) in [5.74, 6) is 7.35. The molecule has 27 heavy (non-hydrogen) atoms. The zero-order chi connectivity index (χ0) is 19.0. The zero-order valence-electron chi connectivity index (χ0n) is 15.3. The Labute approximate surface area is 158 Å². The Morgan fingerprint density at radius 1 is 1.30 bits per heavy atom. The number of carbonyl (C=O) groups is 1. The van der Waals surface area contributed by atoms with E-state index in [1.807, 2.05) is 17.2 Å². The van der Waals surface area contributed by atoms with E-state index in [4.69, 9.17) is 5.84 Å². The molecule has 3 heterocycles. The molecule has 1 atom stereocenters. The van der Waals surface area contributed by atoms with Gasteiger partial charge >= 0.3 is 0 Å². The average molecular weight is 370 g/mol. The number of aliphatic hydroxyl groups is 1. The van der Waals surface area contributed by atoms with E-state index in [1.165, 1.54) is 5.01 Å². The van der Waals surface area contributed by atoms with E-state index in [-0.39, 0.29) is 23.8 Å². The van der Waals surface area contributed by atoms with Gasteiger partial charge in [0.2, 0.25) is 5.91 Å². The molecule has 2 aliphatic heterocycles. The van der Waals surface area contributed by atoms with Gasteiger partial charge in [0.15, 0.2) is 0 Å². The molecule has 1 aliphatic carbocycles. The summed E-state index contributed by atoms with van der Waals surface area (Å²) in [5, 5.41) is 11.2. The van der Waals surface area contributed by atoms with Gasteiger partial charge in [0.1, 0.15) is 12.2 Å². The number of nitrogens with one attached hydrogen (secondary N) is 1. The number of amides is 1. The van der Waals surface area contributed by atoms with Crippen molar-refractivity contribution in [1.82, 2.24) is 14.9 Å². The van der Waals surface area contributed by atoms with Crippen LogP contribution in [0.25, 0.3) is 5.70 Å². The minimum Gasteiger partial charge on any atom is -0.391 e. The lowest BCUT2D eigenvalue weighted by Crippen LogP contribution is -2.37. The van der Waals surface area contributed by atoms with Gasteiger partial charge in [0.05, 0.1) is 17.5 Å². The van der Waals surface area contributed by atoms with Gasteiger partial charge in [-0.1, -0.05) is 0 Å². The second kappa shape index (κ2) is 7.28. The number of H-pyrrole nitrogens is 1. The first kappa shape index (κ1) is 17.9. The van der Waals surface area contributed by atoms with Crippen molar-refractivity contribution >= 4 is 30.5 Å². The molecule has 3 aliphatic rings. The molecule has 0 unspecified atom stereocenters. The topological polar surface area (TPSA) is 110 Å². The maximum atomic E-state index is 12.7. The van der Waals surface area contributed by atoms with Crippen LogP contribution in [0.1, 0.15) is 37.7 Å². The fraction of sp³-hybridized carbons (Fsp3) is 0.526. The third-order valence-electron chi connectivity index (χ3n) is 5.90. The standard InChI is InChI=1S/C19H26N6O2/c1-21-16(17-15-6-8-22-18(15)23-11-25(17)20)12-2-4-13(5-3-12)19(27)24-9-7-14(26)10-24/h6,8,11-14,22,26H,1-5,7,9-10,20H2/b17-16-/t12?,13?,14-/m0/s1. The normalized spacial score (nSPS) is 29.6. The van der Waals surface area contributed by atoms with E-state index in [1.54, 1.807) is 6.34 Å². The Morgan fingerprint density at radius 3 is 2.70 bits per heavy atom. The van der Waals surface area contributed by atoms with E-state index in [9.17, 15) is 9.90 Å². The van der Waals surface area contributed by atoms with Gasteiger partial charge in [-0.3, -0.25) is 14.8 Å². The van der Waals surface area contributed by atoms with E-state index >= 15 is 0 Å². The SMILES string of the molecule is C=N/C(=C1/c2cc[nH]c2N=CN1N)C1CCC(C(=O)N2CC[C@H](O)C2)CC1. The number of hydrogen-bond acceptors (Lipinski definition) is 6. The first-order valence-corrected chi connectivity index (χ1v) is 9.52. The molecule has 0 bridgehead atoms. The number of aliphatic hydroxyl groups excluding tert-OH is 1. The Hall–Kier alpha value is -2.45. The minimum absolute atomic E-state index is 0.0346. The third-order valence-corrected chi connectivity index (χ3v) is 5.90. The lowest BCUT2D eigenvalue weighted by atomic mass is 9.79. The number of nitrogens with zero attached hydrogens (tertiary/aromatic N) is 4. The van der Waals surface area contributed by atoms with Crippen LogP contribution in [-0.2, 0) is 4.79 Å². The summed E-state index contributed by atoms with van der Waals surface area (Å²) in [7, 11) is 0. The summed E-state index contributed by atoms with van der Waals surface area (Å²) >= 11 is 0. The highest BCUT2D eigenvalue weighted by Crippen LogP contribution is 2.40. The van der Waals surface area contributed by atoms with Gasteiger partial charge < -0.3 is 15.0 Å². The number of nitrogens with two attached hydrogens (primary N) is 1. The van der Waals surface area contributed by atoms with Gasteiger partial charge in [-0.2, -0.15) is 0 Å². The molecule has 1 saturated heterocycles. The molecule has 8 heteroatoms. The molecular formula is C19H26N6O2. The molecule has 4 rings (SSSR count). The molecule has 0 aromatic carbocycles. The number of likely N-dealkylation sites (tertiary alicyclic amines) is 1. The van der Waals surface area contributed by atoms with Crippen molar-refractivity contribution in [1.29, 1.82) is 0 Å². The highest BCUT2D eigenvalue weighted by molar-refractivity contribution is 5.87. The van der Waals surface area contributed by atoms with Crippen LogP contribution in [0.15, 0.2) is 27.9 Å². The largest absolute Gasteiger partial charge is 0.391 e. The van der Waals surface area contributed by atoms with E-state index in [0.717, 1.165) is 48.5 Å². The molecule has 4 N–H and O–H groups in total. The summed E-state index contributed by atoms with van der Waals surface area (Å²) < 4.78 is 0.